The van der Waals surface area contributed by atoms with Crippen LogP contribution in [0.25, 0.3) is 44.4 Å². The highest BCUT2D eigenvalue weighted by Gasteiger charge is 2.21. The molecule has 0 radical (unpaired) electrons. The Bertz CT molecular complexity index is 2260. The molecule has 0 saturated carbocycles. The van der Waals surface area contributed by atoms with E-state index < -0.39 is 17.1 Å². The van der Waals surface area contributed by atoms with Gasteiger partial charge in [0.05, 0.1) is 46.5 Å². The van der Waals surface area contributed by atoms with Crippen molar-refractivity contribution < 1.29 is 13.9 Å². The molecule has 1 fully saturated rings. The van der Waals surface area contributed by atoms with Crippen LogP contribution < -0.4 is 16.8 Å². The molecular weight excluding hydrogens is 541 g/mol. The summed E-state index contributed by atoms with van der Waals surface area (Å²) in [6.45, 7) is 3.75. The first-order valence-electron chi connectivity index (χ1n) is 13.4. The number of ether oxygens (including phenoxy) is 1. The molecule has 7 rings (SSSR count). The Balaban J connectivity index is 1.41. The largest absolute Gasteiger partial charge is 0.378 e. The van der Waals surface area contributed by atoms with Crippen LogP contribution in [0.1, 0.15) is 15.9 Å². The lowest BCUT2D eigenvalue weighted by Gasteiger charge is -2.27. The van der Waals surface area contributed by atoms with Gasteiger partial charge in [0.1, 0.15) is 11.3 Å². The first kappa shape index (κ1) is 25.7. The summed E-state index contributed by atoms with van der Waals surface area (Å²) in [5, 5.41) is 0.0486. The fourth-order valence-corrected chi connectivity index (χ4v) is 5.75. The van der Waals surface area contributed by atoms with Gasteiger partial charge in [0.2, 0.25) is 0 Å². The van der Waals surface area contributed by atoms with E-state index in [1.54, 1.807) is 58.7 Å². The van der Waals surface area contributed by atoms with Gasteiger partial charge in [-0.1, -0.05) is 18.2 Å². The number of nitrogens with zero attached hydrogens (tertiary/aromatic N) is 3. The number of rotatable bonds is 3. The number of carbonyl (C=O) groups is 1. The molecule has 1 saturated heterocycles. The van der Waals surface area contributed by atoms with Gasteiger partial charge in [0.25, 0.3) is 17.0 Å². The zero-order valence-electron chi connectivity index (χ0n) is 22.4. The quantitative estimate of drug-likeness (QED) is 0.341. The molecule has 3 aromatic heterocycles. The summed E-state index contributed by atoms with van der Waals surface area (Å²) in [7, 11) is 0. The second-order valence-corrected chi connectivity index (χ2v) is 10.2. The third-order valence-corrected chi connectivity index (χ3v) is 7.85. The average Bonchev–Trinajstić information content (AvgIpc) is 3.44. The lowest BCUT2D eigenvalue weighted by molar-refractivity contribution is 0.0303. The molecule has 0 aliphatic carbocycles. The Kier molecular flexibility index (Phi) is 5.91. The highest BCUT2D eigenvalue weighted by Crippen LogP contribution is 2.30. The maximum absolute atomic E-state index is 14.3. The number of H-pyrrole nitrogens is 2. The van der Waals surface area contributed by atoms with Gasteiger partial charge < -0.3 is 24.0 Å². The van der Waals surface area contributed by atoms with Crippen molar-refractivity contribution in [2.75, 3.05) is 26.3 Å². The van der Waals surface area contributed by atoms with Crippen molar-refractivity contribution in [2.24, 2.45) is 0 Å². The molecule has 0 spiro atoms. The number of hydrogen-bond donors (Lipinski definition) is 2. The molecule has 3 aromatic carbocycles. The van der Waals surface area contributed by atoms with E-state index in [1.807, 2.05) is 6.07 Å². The maximum Gasteiger partial charge on any atom is 0.333 e. The second kappa shape index (κ2) is 9.67. The van der Waals surface area contributed by atoms with E-state index in [4.69, 9.17) is 4.74 Å². The van der Waals surface area contributed by atoms with Crippen molar-refractivity contribution in [3.63, 3.8) is 0 Å². The Labute approximate surface area is 236 Å². The fourth-order valence-electron chi connectivity index (χ4n) is 5.75. The first-order chi connectivity index (χ1) is 20.3. The zero-order chi connectivity index (χ0) is 29.1. The maximum atomic E-state index is 14.3. The number of carbonyl (C=O) groups excluding carboxylic acids is 1. The molecule has 2 N–H and O–H groups in total. The molecule has 0 unspecified atom stereocenters. The first-order valence-corrected chi connectivity index (χ1v) is 13.4. The molecule has 0 bridgehead atoms. The third-order valence-electron chi connectivity index (χ3n) is 7.85. The average molecular weight is 566 g/mol. The van der Waals surface area contributed by atoms with E-state index in [0.29, 0.717) is 70.9 Å². The van der Waals surface area contributed by atoms with E-state index in [9.17, 15) is 23.6 Å². The van der Waals surface area contributed by atoms with E-state index in [2.05, 4.69) is 9.97 Å². The predicted octanol–water partition coefficient (Wildman–Crippen LogP) is 3.36. The van der Waals surface area contributed by atoms with E-state index in [1.165, 1.54) is 18.2 Å². The normalized spacial score (nSPS) is 13.8. The van der Waals surface area contributed by atoms with Crippen LogP contribution in [0.5, 0.6) is 0 Å². The molecule has 11 heteroatoms. The molecule has 210 valence electrons. The van der Waals surface area contributed by atoms with Crippen LogP contribution in [-0.2, 0) is 4.74 Å². The molecule has 10 nitrogen and oxygen atoms in total. The van der Waals surface area contributed by atoms with E-state index >= 15 is 0 Å². The third kappa shape index (κ3) is 3.89. The van der Waals surface area contributed by atoms with Crippen molar-refractivity contribution in [1.29, 1.82) is 0 Å². The Morgan fingerprint density at radius 1 is 0.905 bits per heavy atom. The number of halogens is 1. The molecule has 6 aromatic rings. The Morgan fingerprint density at radius 2 is 1.67 bits per heavy atom. The summed E-state index contributed by atoms with van der Waals surface area (Å²) >= 11 is 0. The highest BCUT2D eigenvalue weighted by molar-refractivity contribution is 5.98. The SMILES string of the molecule is Cc1c(-c2ccc3c(=O)[nH]c4cc(C(=O)N5CCOCC5)ccc4n23)cccc1-n1c(=O)[nH]c2c(F)cccc2c1=O. The van der Waals surface area contributed by atoms with E-state index in [0.717, 1.165) is 4.57 Å². The summed E-state index contributed by atoms with van der Waals surface area (Å²) in [4.78, 5) is 59.7. The van der Waals surface area contributed by atoms with Crippen molar-refractivity contribution in [3.05, 3.63) is 115 Å². The number of amides is 1. The highest BCUT2D eigenvalue weighted by atomic mass is 19.1. The summed E-state index contributed by atoms with van der Waals surface area (Å²) in [5.41, 5.74) is 2.39. The fraction of sp³-hybridized carbons (Fsp3) is 0.161. The number of hydrogen-bond acceptors (Lipinski definition) is 5. The number of benzene rings is 3. The number of morpholine rings is 1. The number of nitrogens with one attached hydrogen (secondary N) is 2. The van der Waals surface area contributed by atoms with Gasteiger partial charge in [-0.2, -0.15) is 0 Å². The monoisotopic (exact) mass is 565 g/mol. The van der Waals surface area contributed by atoms with Crippen LogP contribution in [-0.4, -0.2) is 56.0 Å². The summed E-state index contributed by atoms with van der Waals surface area (Å²) in [6.07, 6.45) is 0. The Morgan fingerprint density at radius 3 is 2.48 bits per heavy atom. The van der Waals surface area contributed by atoms with Gasteiger partial charge in [-0.3, -0.25) is 14.4 Å². The number of para-hydroxylation sites is 1. The van der Waals surface area contributed by atoms with Crippen LogP contribution in [0.4, 0.5) is 4.39 Å². The van der Waals surface area contributed by atoms with Crippen molar-refractivity contribution in [2.45, 2.75) is 6.92 Å². The minimum absolute atomic E-state index is 0.0486. The molecule has 4 heterocycles. The van der Waals surface area contributed by atoms with Crippen molar-refractivity contribution in [3.8, 4) is 16.9 Å². The van der Waals surface area contributed by atoms with Gasteiger partial charge in [0.15, 0.2) is 0 Å². The van der Waals surface area contributed by atoms with Crippen LogP contribution in [0.3, 0.4) is 0 Å². The minimum Gasteiger partial charge on any atom is -0.378 e. The second-order valence-electron chi connectivity index (χ2n) is 10.2. The number of aromatic nitrogens is 4. The minimum atomic E-state index is -0.766. The summed E-state index contributed by atoms with van der Waals surface area (Å²) < 4.78 is 22.4. The standard InChI is InChI=1S/C31H24FN5O5/c1-17-19(4-3-7-23(17)37-30(40)20-5-2-6-21(32)27(20)34-31(37)41)24-10-11-26-28(38)33-22-16-18(8-9-25(22)36(24)26)29(39)35-12-14-42-15-13-35/h2-11,16H,12-15H2,1H3,(H,33,38)(H,34,41). The molecule has 42 heavy (non-hydrogen) atoms. The molecule has 1 aliphatic heterocycles. The van der Waals surface area contributed by atoms with E-state index in [-0.39, 0.29) is 22.4 Å². The van der Waals surface area contributed by atoms with Crippen LogP contribution in [0.2, 0.25) is 0 Å². The summed E-state index contributed by atoms with van der Waals surface area (Å²) in [6, 6.07) is 18.0. The van der Waals surface area contributed by atoms with Crippen LogP contribution >= 0.6 is 0 Å². The zero-order valence-corrected chi connectivity index (χ0v) is 22.4. The van der Waals surface area contributed by atoms with Gasteiger partial charge in [-0.25, -0.2) is 13.8 Å². The van der Waals surface area contributed by atoms with Gasteiger partial charge in [0, 0.05) is 24.2 Å². The smallest absolute Gasteiger partial charge is 0.333 e. The molecule has 1 aliphatic rings. The van der Waals surface area contributed by atoms with Gasteiger partial charge in [-0.15, -0.1) is 0 Å². The molecule has 1 amide bonds. The van der Waals surface area contributed by atoms with Gasteiger partial charge in [-0.05, 0) is 61.0 Å². The van der Waals surface area contributed by atoms with Crippen LogP contribution in [0, 0.1) is 12.7 Å². The molecule has 0 atom stereocenters. The molecular formula is C31H24FN5O5. The lowest BCUT2D eigenvalue weighted by atomic mass is 10.0. The Hall–Kier alpha value is -5.29. The lowest BCUT2D eigenvalue weighted by Crippen LogP contribution is -2.40. The topological polar surface area (TPSA) is 122 Å². The number of fused-ring (bicyclic) bond motifs is 4. The van der Waals surface area contributed by atoms with Gasteiger partial charge >= 0.3 is 5.69 Å². The van der Waals surface area contributed by atoms with Crippen molar-refractivity contribution in [1.82, 2.24) is 23.8 Å². The van der Waals surface area contributed by atoms with Crippen LogP contribution in [0.15, 0.2) is 81.1 Å². The predicted molar refractivity (Wildman–Crippen MR) is 156 cm³/mol. The summed E-state index contributed by atoms with van der Waals surface area (Å²) in [5.74, 6) is -0.825. The number of aromatic amines is 2. The van der Waals surface area contributed by atoms with Crippen molar-refractivity contribution >= 4 is 33.4 Å².